The molecular formula is C17H31N3O. The van der Waals surface area contributed by atoms with Crippen LogP contribution in [0.15, 0.2) is 12.1 Å². The van der Waals surface area contributed by atoms with Crippen LogP contribution in [-0.4, -0.2) is 38.3 Å². The minimum absolute atomic E-state index is 0.746. The van der Waals surface area contributed by atoms with Crippen molar-refractivity contribution in [3.8, 4) is 0 Å². The summed E-state index contributed by atoms with van der Waals surface area (Å²) in [7, 11) is 2.08. The number of hydrogen-bond donors (Lipinski definition) is 1. The summed E-state index contributed by atoms with van der Waals surface area (Å²) < 4.78 is 5.43. The van der Waals surface area contributed by atoms with Crippen molar-refractivity contribution in [2.75, 3.05) is 38.3 Å². The first-order valence-corrected chi connectivity index (χ1v) is 8.20. The van der Waals surface area contributed by atoms with Crippen LogP contribution in [0.3, 0.4) is 0 Å². The molecule has 0 saturated carbocycles. The molecule has 0 unspecified atom stereocenters. The third kappa shape index (κ3) is 6.91. The normalized spacial score (nSPS) is 10.9. The maximum Gasteiger partial charge on any atom is 0.128 e. The predicted octanol–water partition coefficient (Wildman–Crippen LogP) is 3.01. The predicted molar refractivity (Wildman–Crippen MR) is 90.0 cm³/mol. The fourth-order valence-electron chi connectivity index (χ4n) is 2.18. The van der Waals surface area contributed by atoms with E-state index in [1.54, 1.807) is 0 Å². The maximum atomic E-state index is 5.43. The molecule has 1 aromatic heterocycles. The summed E-state index contributed by atoms with van der Waals surface area (Å²) in [6.45, 7) is 10.8. The van der Waals surface area contributed by atoms with E-state index in [1.807, 2.05) is 6.92 Å². The first-order valence-electron chi connectivity index (χ1n) is 8.20. The Kier molecular flexibility index (Phi) is 9.02. The summed E-state index contributed by atoms with van der Waals surface area (Å²) in [5.74, 6) is 1.05. The van der Waals surface area contributed by atoms with Gasteiger partial charge < -0.3 is 15.0 Å². The monoisotopic (exact) mass is 293 g/mol. The quantitative estimate of drug-likeness (QED) is 0.636. The van der Waals surface area contributed by atoms with E-state index >= 15 is 0 Å². The number of nitrogens with zero attached hydrogens (tertiary/aromatic N) is 2. The lowest BCUT2D eigenvalue weighted by atomic mass is 10.1. The van der Waals surface area contributed by atoms with Gasteiger partial charge in [0.05, 0.1) is 6.61 Å². The van der Waals surface area contributed by atoms with E-state index in [4.69, 9.17) is 9.72 Å². The van der Waals surface area contributed by atoms with Gasteiger partial charge in [-0.25, -0.2) is 4.98 Å². The van der Waals surface area contributed by atoms with E-state index in [0.717, 1.165) is 57.9 Å². The second-order valence-electron chi connectivity index (χ2n) is 5.37. The molecule has 0 radical (unpaired) electrons. The highest BCUT2D eigenvalue weighted by molar-refractivity contribution is 5.42. The van der Waals surface area contributed by atoms with Gasteiger partial charge in [0.1, 0.15) is 5.82 Å². The Morgan fingerprint density at radius 2 is 2.00 bits per heavy atom. The van der Waals surface area contributed by atoms with E-state index in [1.165, 1.54) is 11.3 Å². The van der Waals surface area contributed by atoms with Gasteiger partial charge >= 0.3 is 0 Å². The number of hydrogen-bond acceptors (Lipinski definition) is 4. The third-order valence-corrected chi connectivity index (χ3v) is 3.35. The van der Waals surface area contributed by atoms with Crippen molar-refractivity contribution >= 4 is 5.82 Å². The van der Waals surface area contributed by atoms with Crippen LogP contribution in [0, 0.1) is 0 Å². The summed E-state index contributed by atoms with van der Waals surface area (Å²) in [5, 5.41) is 3.47. The molecule has 1 rings (SSSR count). The largest absolute Gasteiger partial charge is 0.380 e. The minimum Gasteiger partial charge on any atom is -0.380 e. The van der Waals surface area contributed by atoms with Crippen molar-refractivity contribution in [1.29, 1.82) is 0 Å². The van der Waals surface area contributed by atoms with Crippen LogP contribution >= 0.6 is 0 Å². The Morgan fingerprint density at radius 1 is 1.19 bits per heavy atom. The van der Waals surface area contributed by atoms with Crippen molar-refractivity contribution in [2.45, 2.75) is 46.6 Å². The van der Waals surface area contributed by atoms with E-state index in [2.05, 4.69) is 43.2 Å². The molecule has 1 N–H and O–H groups in total. The summed E-state index contributed by atoms with van der Waals surface area (Å²) in [6, 6.07) is 4.42. The Hall–Kier alpha value is -1.13. The number of aryl methyl sites for hydroxylation is 1. The molecule has 0 atom stereocenters. The molecule has 0 aliphatic heterocycles. The lowest BCUT2D eigenvalue weighted by Gasteiger charge is -2.20. The Morgan fingerprint density at radius 3 is 2.67 bits per heavy atom. The van der Waals surface area contributed by atoms with Crippen molar-refractivity contribution in [1.82, 2.24) is 10.3 Å². The Labute approximate surface area is 129 Å². The van der Waals surface area contributed by atoms with Crippen LogP contribution in [0.25, 0.3) is 0 Å². The molecule has 0 aliphatic rings. The van der Waals surface area contributed by atoms with Gasteiger partial charge in [0.15, 0.2) is 0 Å². The standard InChI is InChI=1S/C17H31N3O/c1-5-8-16-12-15(14-18-9-6-2)13-17(19-16)20(4)10-11-21-7-3/h12-13,18H,5-11,14H2,1-4H3. The Balaban J connectivity index is 2.75. The van der Waals surface area contributed by atoms with Gasteiger partial charge in [-0.1, -0.05) is 20.3 Å². The molecule has 0 spiro atoms. The molecule has 4 nitrogen and oxygen atoms in total. The number of nitrogens with one attached hydrogen (secondary N) is 1. The summed E-state index contributed by atoms with van der Waals surface area (Å²) in [4.78, 5) is 6.95. The topological polar surface area (TPSA) is 37.4 Å². The molecule has 4 heteroatoms. The zero-order chi connectivity index (χ0) is 15.5. The molecule has 0 bridgehead atoms. The van der Waals surface area contributed by atoms with Crippen LogP contribution in [-0.2, 0) is 17.7 Å². The third-order valence-electron chi connectivity index (χ3n) is 3.35. The summed E-state index contributed by atoms with van der Waals surface area (Å²) in [6.07, 6.45) is 3.32. The molecular weight excluding hydrogens is 262 g/mol. The molecule has 21 heavy (non-hydrogen) atoms. The van der Waals surface area contributed by atoms with Gasteiger partial charge in [-0.2, -0.15) is 0 Å². The zero-order valence-electron chi connectivity index (χ0n) is 14.1. The minimum atomic E-state index is 0.746. The second-order valence-corrected chi connectivity index (χ2v) is 5.37. The second kappa shape index (κ2) is 10.6. The zero-order valence-corrected chi connectivity index (χ0v) is 14.1. The smallest absolute Gasteiger partial charge is 0.128 e. The van der Waals surface area contributed by atoms with Gasteiger partial charge in [0.2, 0.25) is 0 Å². The number of aromatic nitrogens is 1. The van der Waals surface area contributed by atoms with Crippen molar-refractivity contribution < 1.29 is 4.74 Å². The highest BCUT2D eigenvalue weighted by atomic mass is 16.5. The number of pyridine rings is 1. The molecule has 0 aliphatic carbocycles. The van der Waals surface area contributed by atoms with E-state index in [0.29, 0.717) is 0 Å². The molecule has 0 fully saturated rings. The van der Waals surface area contributed by atoms with Crippen LogP contribution in [0.1, 0.15) is 44.9 Å². The summed E-state index contributed by atoms with van der Waals surface area (Å²) in [5.41, 5.74) is 2.51. The van der Waals surface area contributed by atoms with E-state index < -0.39 is 0 Å². The van der Waals surface area contributed by atoms with Gasteiger partial charge in [0, 0.05) is 32.4 Å². The summed E-state index contributed by atoms with van der Waals surface area (Å²) >= 11 is 0. The van der Waals surface area contributed by atoms with Crippen LogP contribution in [0.2, 0.25) is 0 Å². The average Bonchev–Trinajstić information content (AvgIpc) is 2.48. The van der Waals surface area contributed by atoms with Gasteiger partial charge in [-0.15, -0.1) is 0 Å². The van der Waals surface area contributed by atoms with Gasteiger partial charge in [-0.05, 0) is 44.0 Å². The molecule has 0 amide bonds. The molecule has 1 heterocycles. The fraction of sp³-hybridized carbons (Fsp3) is 0.706. The molecule has 120 valence electrons. The van der Waals surface area contributed by atoms with E-state index in [9.17, 15) is 0 Å². The van der Waals surface area contributed by atoms with Gasteiger partial charge in [0.25, 0.3) is 0 Å². The highest BCUT2D eigenvalue weighted by Gasteiger charge is 2.07. The first kappa shape index (κ1) is 17.9. The van der Waals surface area contributed by atoms with E-state index in [-0.39, 0.29) is 0 Å². The van der Waals surface area contributed by atoms with Crippen LogP contribution < -0.4 is 10.2 Å². The number of likely N-dealkylation sites (N-methyl/N-ethyl adjacent to an activating group) is 1. The van der Waals surface area contributed by atoms with Gasteiger partial charge in [-0.3, -0.25) is 0 Å². The number of ether oxygens (including phenoxy) is 1. The molecule has 0 saturated heterocycles. The SMILES string of the molecule is CCCNCc1cc(CCC)nc(N(C)CCOCC)c1. The number of anilines is 1. The van der Waals surface area contributed by atoms with Crippen LogP contribution in [0.4, 0.5) is 5.82 Å². The molecule has 0 aromatic carbocycles. The fourth-order valence-corrected chi connectivity index (χ4v) is 2.18. The first-order chi connectivity index (χ1) is 10.2. The van der Waals surface area contributed by atoms with Crippen LogP contribution in [0.5, 0.6) is 0 Å². The molecule has 1 aromatic rings. The van der Waals surface area contributed by atoms with Crippen molar-refractivity contribution in [2.24, 2.45) is 0 Å². The lowest BCUT2D eigenvalue weighted by Crippen LogP contribution is -2.24. The van der Waals surface area contributed by atoms with Crippen molar-refractivity contribution in [3.05, 3.63) is 23.4 Å². The number of rotatable bonds is 11. The lowest BCUT2D eigenvalue weighted by molar-refractivity contribution is 0.154. The highest BCUT2D eigenvalue weighted by Crippen LogP contribution is 2.15. The Bertz CT molecular complexity index is 396. The average molecular weight is 293 g/mol. The maximum absolute atomic E-state index is 5.43. The van der Waals surface area contributed by atoms with Crippen molar-refractivity contribution in [3.63, 3.8) is 0 Å².